The van der Waals surface area contributed by atoms with Crippen LogP contribution in [0.5, 0.6) is 0 Å². The van der Waals surface area contributed by atoms with Crippen LogP contribution in [0.25, 0.3) is 0 Å². The Hall–Kier alpha value is -2.40. The topological polar surface area (TPSA) is 66.4 Å². The fourth-order valence-corrected chi connectivity index (χ4v) is 3.00. The van der Waals surface area contributed by atoms with Crippen molar-refractivity contribution in [1.82, 2.24) is 5.32 Å². The molecular formula is C16H13NO3S. The first-order valence-corrected chi connectivity index (χ1v) is 7.34. The smallest absolute Gasteiger partial charge is 0.287 e. The number of nitrogens with one attached hydrogen (secondary N) is 1. The van der Waals surface area contributed by atoms with Crippen LogP contribution in [-0.4, -0.2) is 16.8 Å². The van der Waals surface area contributed by atoms with Crippen molar-refractivity contribution in [3.8, 4) is 0 Å². The van der Waals surface area contributed by atoms with Crippen LogP contribution in [0.3, 0.4) is 0 Å². The van der Waals surface area contributed by atoms with Crippen LogP contribution in [0.4, 0.5) is 0 Å². The number of ketones is 1. The van der Waals surface area contributed by atoms with E-state index in [0.717, 1.165) is 11.1 Å². The summed E-state index contributed by atoms with van der Waals surface area (Å²) in [6, 6.07) is 10.4. The van der Waals surface area contributed by atoms with Gasteiger partial charge in [0, 0.05) is 0 Å². The molecule has 1 aromatic heterocycles. The van der Waals surface area contributed by atoms with Crippen molar-refractivity contribution in [3.05, 3.63) is 69.1 Å². The number of amides is 1. The molecule has 2 heterocycles. The molecule has 0 saturated heterocycles. The number of hydrogen-bond acceptors (Lipinski definition) is 4. The lowest BCUT2D eigenvalue weighted by atomic mass is 9.96. The molecule has 21 heavy (non-hydrogen) atoms. The van der Waals surface area contributed by atoms with E-state index in [-0.39, 0.29) is 11.4 Å². The van der Waals surface area contributed by atoms with Crippen molar-refractivity contribution >= 4 is 23.0 Å². The Morgan fingerprint density at radius 1 is 1.24 bits per heavy atom. The molecule has 1 unspecified atom stereocenters. The predicted molar refractivity (Wildman–Crippen MR) is 80.4 cm³/mol. The van der Waals surface area contributed by atoms with Crippen LogP contribution in [0.15, 0.2) is 53.1 Å². The number of aliphatic hydroxyl groups is 1. The van der Waals surface area contributed by atoms with Crippen molar-refractivity contribution in [1.29, 1.82) is 0 Å². The number of aliphatic hydroxyl groups excluding tert-OH is 1. The zero-order valence-electron chi connectivity index (χ0n) is 11.3. The maximum Gasteiger partial charge on any atom is 0.287 e. The Balaban J connectivity index is 2.03. The number of hydrogen-bond donors (Lipinski definition) is 2. The molecular weight excluding hydrogens is 286 g/mol. The van der Waals surface area contributed by atoms with Crippen LogP contribution in [-0.2, 0) is 4.79 Å². The third-order valence-electron chi connectivity index (χ3n) is 3.43. The van der Waals surface area contributed by atoms with Crippen LogP contribution in [0.1, 0.15) is 26.8 Å². The van der Waals surface area contributed by atoms with Crippen LogP contribution < -0.4 is 5.32 Å². The summed E-state index contributed by atoms with van der Waals surface area (Å²) in [4.78, 5) is 24.8. The van der Waals surface area contributed by atoms with Gasteiger partial charge in [0.25, 0.3) is 5.91 Å². The molecule has 2 aromatic rings. The van der Waals surface area contributed by atoms with E-state index in [2.05, 4.69) is 5.32 Å². The second-order valence-corrected chi connectivity index (χ2v) is 5.83. The summed E-state index contributed by atoms with van der Waals surface area (Å²) in [7, 11) is 0. The number of benzene rings is 1. The summed E-state index contributed by atoms with van der Waals surface area (Å²) in [5, 5.41) is 14.4. The van der Waals surface area contributed by atoms with E-state index in [4.69, 9.17) is 0 Å². The van der Waals surface area contributed by atoms with Gasteiger partial charge >= 0.3 is 0 Å². The molecule has 1 aromatic carbocycles. The normalized spacial score (nSPS) is 18.0. The standard InChI is InChI=1S/C16H13NO3S/c1-9-4-6-10(7-5-9)13-12(15(19)16(20)17-13)14(18)11-3-2-8-21-11/h2-8,13,19H,1H3,(H,17,20). The summed E-state index contributed by atoms with van der Waals surface area (Å²) >= 11 is 1.29. The maximum absolute atomic E-state index is 12.5. The van der Waals surface area contributed by atoms with Gasteiger partial charge in [0.05, 0.1) is 16.5 Å². The number of Topliss-reactive ketones (excluding diaryl/α,β-unsaturated/α-hetero) is 1. The van der Waals surface area contributed by atoms with Gasteiger partial charge in [-0.2, -0.15) is 0 Å². The lowest BCUT2D eigenvalue weighted by Gasteiger charge is -2.14. The molecule has 5 heteroatoms. The molecule has 4 nitrogen and oxygen atoms in total. The van der Waals surface area contributed by atoms with E-state index in [0.29, 0.717) is 4.88 Å². The van der Waals surface area contributed by atoms with Crippen molar-refractivity contribution < 1.29 is 14.7 Å². The quantitative estimate of drug-likeness (QED) is 0.856. The van der Waals surface area contributed by atoms with Crippen molar-refractivity contribution in [2.75, 3.05) is 0 Å². The Kier molecular flexibility index (Phi) is 3.35. The minimum atomic E-state index is -0.611. The summed E-state index contributed by atoms with van der Waals surface area (Å²) in [6.07, 6.45) is 0. The van der Waals surface area contributed by atoms with Crippen molar-refractivity contribution in [3.63, 3.8) is 0 Å². The first kappa shape index (κ1) is 13.6. The van der Waals surface area contributed by atoms with Crippen molar-refractivity contribution in [2.45, 2.75) is 13.0 Å². The molecule has 1 amide bonds. The molecule has 106 valence electrons. The Morgan fingerprint density at radius 2 is 1.95 bits per heavy atom. The van der Waals surface area contributed by atoms with Gasteiger partial charge in [-0.15, -0.1) is 11.3 Å². The molecule has 1 aliphatic heterocycles. The highest BCUT2D eigenvalue weighted by molar-refractivity contribution is 7.12. The third kappa shape index (κ3) is 2.36. The van der Waals surface area contributed by atoms with Gasteiger partial charge in [-0.05, 0) is 23.9 Å². The van der Waals surface area contributed by atoms with Crippen LogP contribution in [0, 0.1) is 6.92 Å². The highest BCUT2D eigenvalue weighted by Gasteiger charge is 2.37. The predicted octanol–water partition coefficient (Wildman–Crippen LogP) is 2.92. The van der Waals surface area contributed by atoms with Crippen LogP contribution >= 0.6 is 11.3 Å². The van der Waals surface area contributed by atoms with E-state index in [1.54, 1.807) is 17.5 Å². The van der Waals surface area contributed by atoms with E-state index >= 15 is 0 Å². The third-order valence-corrected chi connectivity index (χ3v) is 4.30. The maximum atomic E-state index is 12.5. The Morgan fingerprint density at radius 3 is 2.57 bits per heavy atom. The first-order chi connectivity index (χ1) is 10.1. The molecule has 0 radical (unpaired) electrons. The van der Waals surface area contributed by atoms with Gasteiger partial charge in [0.2, 0.25) is 5.78 Å². The van der Waals surface area contributed by atoms with Gasteiger partial charge in [-0.3, -0.25) is 9.59 Å². The highest BCUT2D eigenvalue weighted by Crippen LogP contribution is 2.32. The lowest BCUT2D eigenvalue weighted by Crippen LogP contribution is -2.23. The molecule has 0 spiro atoms. The second kappa shape index (κ2) is 5.18. The molecule has 0 bridgehead atoms. The number of aryl methyl sites for hydroxylation is 1. The van der Waals surface area contributed by atoms with Gasteiger partial charge in [0.1, 0.15) is 0 Å². The average Bonchev–Trinajstić information content (AvgIpc) is 3.09. The molecule has 3 rings (SSSR count). The molecule has 0 saturated carbocycles. The summed E-state index contributed by atoms with van der Waals surface area (Å²) < 4.78 is 0. The monoisotopic (exact) mass is 299 g/mol. The summed E-state index contributed by atoms with van der Waals surface area (Å²) in [5.41, 5.74) is 1.98. The number of thiophene rings is 1. The molecule has 1 atom stereocenters. The molecule has 1 aliphatic rings. The van der Waals surface area contributed by atoms with E-state index in [1.165, 1.54) is 11.3 Å². The number of carbonyl (C=O) groups excluding carboxylic acids is 2. The van der Waals surface area contributed by atoms with Gasteiger partial charge in [-0.1, -0.05) is 35.9 Å². The fourth-order valence-electron chi connectivity index (χ4n) is 2.32. The summed E-state index contributed by atoms with van der Waals surface area (Å²) in [5.74, 6) is -1.41. The largest absolute Gasteiger partial charge is 0.503 e. The minimum absolute atomic E-state index is 0.117. The number of rotatable bonds is 3. The van der Waals surface area contributed by atoms with Gasteiger partial charge in [-0.25, -0.2) is 0 Å². The Bertz CT molecular complexity index is 729. The molecule has 0 aliphatic carbocycles. The van der Waals surface area contributed by atoms with E-state index in [9.17, 15) is 14.7 Å². The van der Waals surface area contributed by atoms with Crippen LogP contribution in [0.2, 0.25) is 0 Å². The first-order valence-electron chi connectivity index (χ1n) is 6.46. The fraction of sp³-hybridized carbons (Fsp3) is 0.125. The van der Waals surface area contributed by atoms with E-state index < -0.39 is 17.7 Å². The minimum Gasteiger partial charge on any atom is -0.503 e. The molecule has 0 fully saturated rings. The summed E-state index contributed by atoms with van der Waals surface area (Å²) in [6.45, 7) is 1.96. The zero-order chi connectivity index (χ0) is 15.0. The van der Waals surface area contributed by atoms with Gasteiger partial charge < -0.3 is 10.4 Å². The van der Waals surface area contributed by atoms with Gasteiger partial charge in [0.15, 0.2) is 5.76 Å². The van der Waals surface area contributed by atoms with E-state index in [1.807, 2.05) is 31.2 Å². The molecule has 2 N–H and O–H groups in total. The highest BCUT2D eigenvalue weighted by atomic mass is 32.1. The number of carbonyl (C=O) groups is 2. The van der Waals surface area contributed by atoms with Crippen molar-refractivity contribution in [2.24, 2.45) is 0 Å². The zero-order valence-corrected chi connectivity index (χ0v) is 12.1. The second-order valence-electron chi connectivity index (χ2n) is 4.89. The lowest BCUT2D eigenvalue weighted by molar-refractivity contribution is -0.119. The SMILES string of the molecule is Cc1ccc(C2NC(=O)C(O)=C2C(=O)c2cccs2)cc1. The average molecular weight is 299 g/mol. The Labute approximate surface area is 125 Å².